The van der Waals surface area contributed by atoms with Crippen LogP contribution < -0.4 is 5.32 Å². The molecule has 0 radical (unpaired) electrons. The molecule has 0 aromatic carbocycles. The van der Waals surface area contributed by atoms with E-state index in [0.29, 0.717) is 16.4 Å². The summed E-state index contributed by atoms with van der Waals surface area (Å²) in [7, 11) is 0. The number of carbonyl (C=O) groups is 1. The first-order valence-electron chi connectivity index (χ1n) is 4.88. The van der Waals surface area contributed by atoms with Gasteiger partial charge in [0.15, 0.2) is 0 Å². The molecule has 0 unspecified atom stereocenters. The van der Waals surface area contributed by atoms with Crippen molar-refractivity contribution >= 4 is 23.5 Å². The Morgan fingerprint density at radius 2 is 2.00 bits per heavy atom. The summed E-state index contributed by atoms with van der Waals surface area (Å²) in [4.78, 5) is 23.6. The highest BCUT2D eigenvalue weighted by Crippen LogP contribution is 2.10. The van der Waals surface area contributed by atoms with E-state index in [-0.39, 0.29) is 11.9 Å². The third kappa shape index (κ3) is 2.98. The summed E-state index contributed by atoms with van der Waals surface area (Å²) in [5, 5.41) is 2.86. The third-order valence-corrected chi connectivity index (χ3v) is 2.18. The van der Waals surface area contributed by atoms with Gasteiger partial charge in [0.25, 0.3) is 5.91 Å². The number of rotatable bonds is 2. The van der Waals surface area contributed by atoms with E-state index < -0.39 is 0 Å². The second kappa shape index (κ2) is 4.88. The number of aryl methyl sites for hydroxylation is 1. The minimum atomic E-state index is -0.297. The molecule has 1 N–H and O–H groups in total. The van der Waals surface area contributed by atoms with Crippen LogP contribution in [-0.4, -0.2) is 20.9 Å². The van der Waals surface area contributed by atoms with Crippen LogP contribution >= 0.6 is 11.6 Å². The zero-order valence-corrected chi connectivity index (χ0v) is 9.77. The van der Waals surface area contributed by atoms with Crippen molar-refractivity contribution in [2.75, 3.05) is 5.32 Å². The number of aromatic nitrogens is 3. The molecule has 0 atom stereocenters. The number of pyridine rings is 1. The first-order chi connectivity index (χ1) is 8.15. The molecule has 17 heavy (non-hydrogen) atoms. The monoisotopic (exact) mass is 248 g/mol. The summed E-state index contributed by atoms with van der Waals surface area (Å²) in [5.74, 6) is -0.106. The standard InChI is InChI=1S/C11H9ClN4O/c1-7-6-9(12)15-11(14-7)16-10(17)8-2-4-13-5-3-8/h2-6H,1H3,(H,14,15,16,17). The van der Waals surface area contributed by atoms with E-state index in [9.17, 15) is 4.79 Å². The molecule has 0 spiro atoms. The number of hydrogen-bond acceptors (Lipinski definition) is 4. The molecule has 86 valence electrons. The zero-order valence-electron chi connectivity index (χ0n) is 9.01. The van der Waals surface area contributed by atoms with E-state index >= 15 is 0 Å². The van der Waals surface area contributed by atoms with Crippen LogP contribution in [0.5, 0.6) is 0 Å². The van der Waals surface area contributed by atoms with E-state index in [1.165, 1.54) is 0 Å². The highest BCUT2D eigenvalue weighted by atomic mass is 35.5. The Kier molecular flexibility index (Phi) is 3.30. The number of nitrogens with zero attached hydrogens (tertiary/aromatic N) is 3. The smallest absolute Gasteiger partial charge is 0.258 e. The maximum atomic E-state index is 11.8. The lowest BCUT2D eigenvalue weighted by Crippen LogP contribution is -2.14. The van der Waals surface area contributed by atoms with E-state index in [1.807, 2.05) is 0 Å². The van der Waals surface area contributed by atoms with Crippen LogP contribution in [-0.2, 0) is 0 Å². The maximum Gasteiger partial charge on any atom is 0.258 e. The van der Waals surface area contributed by atoms with Gasteiger partial charge in [-0.3, -0.25) is 15.1 Å². The number of halogens is 1. The fraction of sp³-hybridized carbons (Fsp3) is 0.0909. The van der Waals surface area contributed by atoms with Crippen LogP contribution in [0, 0.1) is 6.92 Å². The molecule has 0 aliphatic carbocycles. The molecule has 0 aliphatic heterocycles. The molecule has 6 heteroatoms. The molecular weight excluding hydrogens is 240 g/mol. The third-order valence-electron chi connectivity index (χ3n) is 1.99. The van der Waals surface area contributed by atoms with Crippen molar-refractivity contribution in [1.29, 1.82) is 0 Å². The van der Waals surface area contributed by atoms with Crippen LogP contribution in [0.15, 0.2) is 30.6 Å². The minimum Gasteiger partial charge on any atom is -0.290 e. The van der Waals surface area contributed by atoms with Crippen molar-refractivity contribution in [3.8, 4) is 0 Å². The number of carbonyl (C=O) groups excluding carboxylic acids is 1. The van der Waals surface area contributed by atoms with Crippen LogP contribution in [0.3, 0.4) is 0 Å². The van der Waals surface area contributed by atoms with Gasteiger partial charge in [0.2, 0.25) is 5.95 Å². The molecule has 0 aliphatic rings. The first kappa shape index (κ1) is 11.5. The van der Waals surface area contributed by atoms with Gasteiger partial charge in [0.1, 0.15) is 5.15 Å². The van der Waals surface area contributed by atoms with Gasteiger partial charge >= 0.3 is 0 Å². The summed E-state index contributed by atoms with van der Waals surface area (Å²) in [5.41, 5.74) is 1.18. The molecule has 0 saturated carbocycles. The van der Waals surface area contributed by atoms with Crippen LogP contribution in [0.4, 0.5) is 5.95 Å². The fourth-order valence-corrected chi connectivity index (χ4v) is 1.50. The Labute approximate surface area is 103 Å². The molecular formula is C11H9ClN4O. The normalized spacial score (nSPS) is 10.0. The van der Waals surface area contributed by atoms with E-state index in [0.717, 1.165) is 0 Å². The van der Waals surface area contributed by atoms with Gasteiger partial charge in [-0.15, -0.1) is 0 Å². The molecule has 0 saturated heterocycles. The number of nitrogens with one attached hydrogen (secondary N) is 1. The van der Waals surface area contributed by atoms with Gasteiger partial charge in [-0.25, -0.2) is 9.97 Å². The van der Waals surface area contributed by atoms with E-state index in [1.54, 1.807) is 37.5 Å². The van der Waals surface area contributed by atoms with Crippen molar-refractivity contribution in [3.05, 3.63) is 47.0 Å². The summed E-state index contributed by atoms with van der Waals surface area (Å²) >= 11 is 5.77. The van der Waals surface area contributed by atoms with Crippen LogP contribution in [0.25, 0.3) is 0 Å². The number of anilines is 1. The Bertz CT molecular complexity index is 524. The lowest BCUT2D eigenvalue weighted by atomic mass is 10.2. The van der Waals surface area contributed by atoms with Gasteiger partial charge in [-0.05, 0) is 25.1 Å². The predicted molar refractivity (Wildman–Crippen MR) is 64.0 cm³/mol. The SMILES string of the molecule is Cc1cc(Cl)nc(NC(=O)c2ccncc2)n1. The molecule has 1 amide bonds. The van der Waals surface area contributed by atoms with Gasteiger partial charge in [0, 0.05) is 23.7 Å². The fourth-order valence-electron chi connectivity index (χ4n) is 1.26. The van der Waals surface area contributed by atoms with Gasteiger partial charge in [0.05, 0.1) is 0 Å². The summed E-state index contributed by atoms with van der Waals surface area (Å²) in [6.07, 6.45) is 3.08. The van der Waals surface area contributed by atoms with E-state index in [2.05, 4.69) is 20.3 Å². The summed E-state index contributed by atoms with van der Waals surface area (Å²) < 4.78 is 0. The molecule has 0 fully saturated rings. The molecule has 5 nitrogen and oxygen atoms in total. The predicted octanol–water partition coefficient (Wildman–Crippen LogP) is 2.09. The second-order valence-corrected chi connectivity index (χ2v) is 3.73. The lowest BCUT2D eigenvalue weighted by Gasteiger charge is -2.04. The highest BCUT2D eigenvalue weighted by Gasteiger charge is 2.08. The van der Waals surface area contributed by atoms with Crippen LogP contribution in [0.2, 0.25) is 5.15 Å². The Morgan fingerprint density at radius 1 is 1.29 bits per heavy atom. The minimum absolute atomic E-state index is 0.191. The van der Waals surface area contributed by atoms with Gasteiger partial charge < -0.3 is 0 Å². The lowest BCUT2D eigenvalue weighted by molar-refractivity contribution is 0.102. The molecule has 0 bridgehead atoms. The molecule has 2 aromatic heterocycles. The Balaban J connectivity index is 2.19. The number of hydrogen-bond donors (Lipinski definition) is 1. The summed E-state index contributed by atoms with van der Waals surface area (Å²) in [6.45, 7) is 1.77. The van der Waals surface area contributed by atoms with Crippen molar-refractivity contribution in [2.24, 2.45) is 0 Å². The van der Waals surface area contributed by atoms with Crippen molar-refractivity contribution in [1.82, 2.24) is 15.0 Å². The maximum absolute atomic E-state index is 11.8. The topological polar surface area (TPSA) is 67.8 Å². The Morgan fingerprint density at radius 3 is 2.65 bits per heavy atom. The zero-order chi connectivity index (χ0) is 12.3. The molecule has 2 aromatic rings. The molecule has 2 heterocycles. The average molecular weight is 249 g/mol. The average Bonchev–Trinajstić information content (AvgIpc) is 2.28. The quantitative estimate of drug-likeness (QED) is 0.827. The second-order valence-electron chi connectivity index (χ2n) is 3.35. The first-order valence-corrected chi connectivity index (χ1v) is 5.25. The molecule has 2 rings (SSSR count). The van der Waals surface area contributed by atoms with Crippen molar-refractivity contribution in [2.45, 2.75) is 6.92 Å². The largest absolute Gasteiger partial charge is 0.290 e. The number of amides is 1. The van der Waals surface area contributed by atoms with Crippen molar-refractivity contribution in [3.63, 3.8) is 0 Å². The van der Waals surface area contributed by atoms with Gasteiger partial charge in [-0.1, -0.05) is 11.6 Å². The summed E-state index contributed by atoms with van der Waals surface area (Å²) in [6, 6.07) is 4.82. The highest BCUT2D eigenvalue weighted by molar-refractivity contribution is 6.29. The van der Waals surface area contributed by atoms with E-state index in [4.69, 9.17) is 11.6 Å². The van der Waals surface area contributed by atoms with Crippen molar-refractivity contribution < 1.29 is 4.79 Å². The van der Waals surface area contributed by atoms with Gasteiger partial charge in [-0.2, -0.15) is 0 Å². The Hall–Kier alpha value is -2.01. The van der Waals surface area contributed by atoms with Crippen LogP contribution in [0.1, 0.15) is 16.1 Å².